The first-order valence-electron chi connectivity index (χ1n) is 8.76. The molecule has 24 heavy (non-hydrogen) atoms. The monoisotopic (exact) mass is 337 g/mol. The number of β-amino-alcohol motifs (C(OH)–C–C–N with tert-alkyl or cyclic N) is 1. The van der Waals surface area contributed by atoms with Crippen LogP contribution in [0.2, 0.25) is 0 Å². The van der Waals surface area contributed by atoms with E-state index in [-0.39, 0.29) is 18.8 Å². The van der Waals surface area contributed by atoms with Crippen molar-refractivity contribution in [3.63, 3.8) is 0 Å². The normalized spacial score (nSPS) is 26.8. The number of nitrogens with zero attached hydrogens (tertiary/aromatic N) is 3. The summed E-state index contributed by atoms with van der Waals surface area (Å²) in [5.41, 5.74) is 1.19. The molecule has 2 aliphatic heterocycles. The number of aliphatic hydroxyl groups is 1. The Morgan fingerprint density at radius 1 is 1.12 bits per heavy atom. The number of benzene rings is 1. The lowest BCUT2D eigenvalue weighted by Crippen LogP contribution is -2.52. The van der Waals surface area contributed by atoms with Crippen LogP contribution in [0.25, 0.3) is 0 Å². The van der Waals surface area contributed by atoms with Crippen molar-refractivity contribution >= 4 is 0 Å². The van der Waals surface area contributed by atoms with E-state index < -0.39 is 6.67 Å². The summed E-state index contributed by atoms with van der Waals surface area (Å²) >= 11 is 0. The molecule has 1 aromatic carbocycles. The zero-order valence-electron chi connectivity index (χ0n) is 14.4. The molecule has 0 bridgehead atoms. The van der Waals surface area contributed by atoms with E-state index in [2.05, 4.69) is 21.7 Å². The first-order chi connectivity index (χ1) is 11.7. The first kappa shape index (κ1) is 17.6. The summed E-state index contributed by atoms with van der Waals surface area (Å²) in [5, 5.41) is 10.4. The van der Waals surface area contributed by atoms with E-state index in [0.717, 1.165) is 45.8 Å². The van der Waals surface area contributed by atoms with Gasteiger partial charge in [0, 0.05) is 51.9 Å². The van der Waals surface area contributed by atoms with Gasteiger partial charge in [-0.1, -0.05) is 12.1 Å². The molecule has 6 heteroatoms. The van der Waals surface area contributed by atoms with Crippen LogP contribution in [0.4, 0.5) is 4.39 Å². The van der Waals surface area contributed by atoms with Crippen molar-refractivity contribution in [2.24, 2.45) is 0 Å². The van der Waals surface area contributed by atoms with Gasteiger partial charge in [-0.15, -0.1) is 0 Å². The van der Waals surface area contributed by atoms with Crippen LogP contribution in [0.3, 0.4) is 0 Å². The first-order valence-corrected chi connectivity index (χ1v) is 8.76. The Labute approximate surface area is 143 Å². The number of aliphatic hydroxyl groups excluding tert-OH is 1. The number of hydrogen-bond acceptors (Lipinski definition) is 5. The quantitative estimate of drug-likeness (QED) is 0.832. The van der Waals surface area contributed by atoms with Crippen molar-refractivity contribution in [3.8, 4) is 5.75 Å². The highest BCUT2D eigenvalue weighted by atomic mass is 19.1. The molecule has 0 spiro atoms. The zero-order chi connectivity index (χ0) is 16.9. The summed E-state index contributed by atoms with van der Waals surface area (Å²) in [6.07, 6.45) is -0.277. The molecule has 134 valence electrons. The van der Waals surface area contributed by atoms with Crippen LogP contribution < -0.4 is 4.74 Å². The average Bonchev–Trinajstić information content (AvgIpc) is 2.95. The molecule has 0 radical (unpaired) electrons. The van der Waals surface area contributed by atoms with Gasteiger partial charge in [-0.05, 0) is 24.7 Å². The maximum Gasteiger partial charge on any atom is 0.123 e. The van der Waals surface area contributed by atoms with Crippen LogP contribution in [0.1, 0.15) is 5.56 Å². The highest BCUT2D eigenvalue weighted by molar-refractivity contribution is 5.27. The Hall–Kier alpha value is -1.21. The molecule has 2 heterocycles. The highest BCUT2D eigenvalue weighted by Crippen LogP contribution is 2.21. The number of alkyl halides is 1. The van der Waals surface area contributed by atoms with Crippen LogP contribution in [0.5, 0.6) is 5.75 Å². The molecule has 1 aromatic rings. The molecular weight excluding hydrogens is 309 g/mol. The van der Waals surface area contributed by atoms with Gasteiger partial charge in [-0.3, -0.25) is 9.80 Å². The van der Waals surface area contributed by atoms with Gasteiger partial charge in [0.25, 0.3) is 0 Å². The number of likely N-dealkylation sites (tertiary alicyclic amines) is 1. The van der Waals surface area contributed by atoms with Crippen molar-refractivity contribution in [1.82, 2.24) is 14.7 Å². The second-order valence-corrected chi connectivity index (χ2v) is 6.85. The summed E-state index contributed by atoms with van der Waals surface area (Å²) < 4.78 is 17.4. The molecular formula is C18H28FN3O2. The van der Waals surface area contributed by atoms with E-state index in [9.17, 15) is 9.50 Å². The van der Waals surface area contributed by atoms with Gasteiger partial charge in [0.15, 0.2) is 0 Å². The van der Waals surface area contributed by atoms with E-state index >= 15 is 0 Å². The fraction of sp³-hybridized carbons (Fsp3) is 0.667. The largest absolute Gasteiger partial charge is 0.491 e. The third kappa shape index (κ3) is 4.45. The SMILES string of the molecule is CN1CCN([C@@H]2CN(Cc3ccc(OCCF)cc3)C[C@@H]2O)CC1. The minimum absolute atomic E-state index is 0.102. The minimum Gasteiger partial charge on any atom is -0.491 e. The molecule has 0 saturated carbocycles. The smallest absolute Gasteiger partial charge is 0.123 e. The molecule has 0 amide bonds. The standard InChI is InChI=1S/C18H28FN3O2/c1-20-7-9-22(10-8-20)17-13-21(14-18(17)23)12-15-2-4-16(5-3-15)24-11-6-19/h2-5,17-18,23H,6-14H2,1H3/t17-,18+/m1/s1. The van der Waals surface area contributed by atoms with E-state index in [0.29, 0.717) is 5.75 Å². The summed E-state index contributed by atoms with van der Waals surface area (Å²) in [5.74, 6) is 0.702. The lowest BCUT2D eigenvalue weighted by Gasteiger charge is -2.37. The summed E-state index contributed by atoms with van der Waals surface area (Å²) in [7, 11) is 2.15. The molecule has 0 aromatic heterocycles. The van der Waals surface area contributed by atoms with Gasteiger partial charge in [0.05, 0.1) is 6.10 Å². The van der Waals surface area contributed by atoms with Crippen LogP contribution in [0, 0.1) is 0 Å². The molecule has 1 N–H and O–H groups in total. The number of rotatable bonds is 6. The molecule has 5 nitrogen and oxygen atoms in total. The van der Waals surface area contributed by atoms with E-state index in [4.69, 9.17) is 4.74 Å². The molecule has 2 fully saturated rings. The second kappa shape index (κ2) is 8.25. The van der Waals surface area contributed by atoms with Crippen LogP contribution >= 0.6 is 0 Å². The lowest BCUT2D eigenvalue weighted by molar-refractivity contribution is 0.0512. The zero-order valence-corrected chi connectivity index (χ0v) is 14.4. The van der Waals surface area contributed by atoms with Gasteiger partial charge >= 0.3 is 0 Å². The second-order valence-electron chi connectivity index (χ2n) is 6.85. The van der Waals surface area contributed by atoms with Crippen LogP contribution in [-0.2, 0) is 6.54 Å². The molecule has 0 unspecified atom stereocenters. The molecule has 2 aliphatic rings. The van der Waals surface area contributed by atoms with E-state index in [1.165, 1.54) is 5.56 Å². The van der Waals surface area contributed by atoms with E-state index in [1.54, 1.807) is 0 Å². The highest BCUT2D eigenvalue weighted by Gasteiger charge is 2.36. The van der Waals surface area contributed by atoms with Crippen molar-refractivity contribution in [2.45, 2.75) is 18.7 Å². The maximum absolute atomic E-state index is 12.1. The van der Waals surface area contributed by atoms with Gasteiger partial charge in [-0.2, -0.15) is 0 Å². The predicted octanol–water partition coefficient (Wildman–Crippen LogP) is 0.827. The van der Waals surface area contributed by atoms with Crippen LogP contribution in [0.15, 0.2) is 24.3 Å². The summed E-state index contributed by atoms with van der Waals surface area (Å²) in [6.45, 7) is 6.30. The van der Waals surface area contributed by atoms with Gasteiger partial charge < -0.3 is 14.7 Å². The fourth-order valence-electron chi connectivity index (χ4n) is 3.59. The molecule has 2 saturated heterocycles. The Kier molecular flexibility index (Phi) is 6.05. The maximum atomic E-state index is 12.1. The van der Waals surface area contributed by atoms with Crippen LogP contribution in [-0.4, -0.2) is 91.5 Å². The Balaban J connectivity index is 1.51. The fourth-order valence-corrected chi connectivity index (χ4v) is 3.59. The summed E-state index contributed by atoms with van der Waals surface area (Å²) in [4.78, 5) is 7.08. The number of piperazine rings is 1. The van der Waals surface area contributed by atoms with Gasteiger partial charge in [0.1, 0.15) is 19.0 Å². The van der Waals surface area contributed by atoms with Crippen molar-refractivity contribution in [3.05, 3.63) is 29.8 Å². The molecule has 3 rings (SSSR count). The predicted molar refractivity (Wildman–Crippen MR) is 92.1 cm³/mol. The Bertz CT molecular complexity index is 505. The van der Waals surface area contributed by atoms with Crippen molar-refractivity contribution in [1.29, 1.82) is 0 Å². The number of likely N-dealkylation sites (N-methyl/N-ethyl adjacent to an activating group) is 1. The number of ether oxygens (including phenoxy) is 1. The third-order valence-corrected chi connectivity index (χ3v) is 5.02. The van der Waals surface area contributed by atoms with Crippen molar-refractivity contribution < 1.29 is 14.2 Å². The minimum atomic E-state index is -0.471. The van der Waals surface area contributed by atoms with Gasteiger partial charge in [-0.25, -0.2) is 4.39 Å². The topological polar surface area (TPSA) is 39.2 Å². The van der Waals surface area contributed by atoms with Gasteiger partial charge in [0.2, 0.25) is 0 Å². The summed E-state index contributed by atoms with van der Waals surface area (Å²) in [6, 6.07) is 8.04. The molecule has 2 atom stereocenters. The Morgan fingerprint density at radius 3 is 2.50 bits per heavy atom. The average molecular weight is 337 g/mol. The number of hydrogen-bond donors (Lipinski definition) is 1. The van der Waals surface area contributed by atoms with E-state index in [1.807, 2.05) is 24.3 Å². The Morgan fingerprint density at radius 2 is 1.83 bits per heavy atom. The number of halogens is 1. The lowest BCUT2D eigenvalue weighted by atomic mass is 10.1. The van der Waals surface area contributed by atoms with Crippen molar-refractivity contribution in [2.75, 3.05) is 59.6 Å². The molecule has 0 aliphatic carbocycles. The third-order valence-electron chi connectivity index (χ3n) is 5.02.